The van der Waals surface area contributed by atoms with Crippen LogP contribution in [0.2, 0.25) is 0 Å². The molecule has 124 valence electrons. The number of aliphatic hydroxyl groups is 1. The molecule has 3 nitrogen and oxygen atoms in total. The third-order valence-electron chi connectivity index (χ3n) is 6.77. The van der Waals surface area contributed by atoms with Gasteiger partial charge in [0.25, 0.3) is 0 Å². The summed E-state index contributed by atoms with van der Waals surface area (Å²) in [6.07, 6.45) is 11.1. The highest BCUT2D eigenvalue weighted by atomic mass is 16.5. The molecule has 0 bridgehead atoms. The van der Waals surface area contributed by atoms with E-state index >= 15 is 0 Å². The van der Waals surface area contributed by atoms with E-state index in [2.05, 4.69) is 19.1 Å². The Morgan fingerprint density at radius 3 is 2.96 bits per heavy atom. The van der Waals surface area contributed by atoms with Crippen LogP contribution >= 0.6 is 0 Å². The molecular weight excluding hydrogens is 288 g/mol. The number of methoxy groups -OCH3 is 1. The fraction of sp³-hybridized carbons (Fsp3) is 0.650. The summed E-state index contributed by atoms with van der Waals surface area (Å²) in [5.74, 6) is 1.29. The summed E-state index contributed by atoms with van der Waals surface area (Å²) in [5.41, 5.74) is 4.02. The van der Waals surface area contributed by atoms with Gasteiger partial charge in [-0.3, -0.25) is 4.79 Å². The molecule has 0 aromatic rings. The minimum absolute atomic E-state index is 0.0270. The largest absolute Gasteiger partial charge is 0.392 e. The molecule has 1 saturated carbocycles. The van der Waals surface area contributed by atoms with E-state index in [-0.39, 0.29) is 23.2 Å². The van der Waals surface area contributed by atoms with Gasteiger partial charge >= 0.3 is 0 Å². The van der Waals surface area contributed by atoms with E-state index in [1.54, 1.807) is 7.11 Å². The average molecular weight is 314 g/mol. The van der Waals surface area contributed by atoms with Crippen LogP contribution in [0.1, 0.15) is 39.0 Å². The van der Waals surface area contributed by atoms with Gasteiger partial charge in [-0.1, -0.05) is 19.1 Å². The van der Waals surface area contributed by atoms with Gasteiger partial charge in [-0.05, 0) is 66.7 Å². The Labute approximate surface area is 138 Å². The third kappa shape index (κ3) is 2.20. The molecule has 4 rings (SSSR count). The Balaban J connectivity index is 1.75. The van der Waals surface area contributed by atoms with E-state index in [4.69, 9.17) is 4.74 Å². The summed E-state index contributed by atoms with van der Waals surface area (Å²) in [7, 11) is 1.67. The molecule has 1 N–H and O–H groups in total. The molecule has 0 amide bonds. The SMILES string of the molecule is COCC1CC2=C3C=C[C@]4(C)[C@@H](O)CC[C@H]4[C@@H]3CCC2=CC1=O. The predicted molar refractivity (Wildman–Crippen MR) is 88.8 cm³/mol. The minimum atomic E-state index is -0.207. The van der Waals surface area contributed by atoms with Crippen molar-refractivity contribution in [3.63, 3.8) is 0 Å². The van der Waals surface area contributed by atoms with E-state index in [1.807, 2.05) is 6.08 Å². The first kappa shape index (κ1) is 15.3. The Morgan fingerprint density at radius 1 is 1.35 bits per heavy atom. The normalized spacial score (nSPS) is 42.2. The standard InChI is InChI=1S/C20H26O3/c1-20-8-7-14-15(17(20)5-6-19(20)22)4-3-12-10-18(21)13(11-23-2)9-16(12)14/h7-8,10,13,15,17,19,22H,3-6,9,11H2,1-2H3/t13?,15-,17+,19+,20+/m1/s1. The highest BCUT2D eigenvalue weighted by Gasteiger charge is 2.51. The van der Waals surface area contributed by atoms with E-state index in [9.17, 15) is 9.90 Å². The molecule has 0 radical (unpaired) electrons. The number of carbonyl (C=O) groups excluding carboxylic acids is 1. The lowest BCUT2D eigenvalue weighted by molar-refractivity contribution is -0.120. The van der Waals surface area contributed by atoms with Crippen LogP contribution in [0.4, 0.5) is 0 Å². The molecular formula is C20H26O3. The summed E-state index contributed by atoms with van der Waals surface area (Å²) < 4.78 is 5.24. The fourth-order valence-corrected chi connectivity index (χ4v) is 5.40. The Kier molecular flexibility index (Phi) is 3.62. The number of hydrogen-bond donors (Lipinski definition) is 1. The highest BCUT2D eigenvalue weighted by Crippen LogP contribution is 2.57. The lowest BCUT2D eigenvalue weighted by atomic mass is 9.60. The van der Waals surface area contributed by atoms with Crippen molar-refractivity contribution in [1.29, 1.82) is 0 Å². The highest BCUT2D eigenvalue weighted by molar-refractivity contribution is 5.95. The van der Waals surface area contributed by atoms with E-state index in [0.717, 1.165) is 32.1 Å². The van der Waals surface area contributed by atoms with Crippen LogP contribution in [0.5, 0.6) is 0 Å². The predicted octanol–water partition coefficient (Wildman–Crippen LogP) is 3.20. The van der Waals surface area contributed by atoms with Crippen LogP contribution in [0.3, 0.4) is 0 Å². The molecule has 0 spiro atoms. The van der Waals surface area contributed by atoms with Crippen molar-refractivity contribution in [1.82, 2.24) is 0 Å². The zero-order chi connectivity index (χ0) is 16.2. The van der Waals surface area contributed by atoms with Gasteiger partial charge in [-0.2, -0.15) is 0 Å². The first-order chi connectivity index (χ1) is 11.0. The van der Waals surface area contributed by atoms with Gasteiger partial charge in [0, 0.05) is 18.4 Å². The van der Waals surface area contributed by atoms with Gasteiger partial charge in [0.15, 0.2) is 5.78 Å². The molecule has 0 aromatic carbocycles. The lowest BCUT2D eigenvalue weighted by Crippen LogP contribution is -2.39. The van der Waals surface area contributed by atoms with Crippen molar-refractivity contribution in [2.45, 2.75) is 45.1 Å². The van der Waals surface area contributed by atoms with E-state index in [1.165, 1.54) is 16.7 Å². The maximum atomic E-state index is 12.2. The van der Waals surface area contributed by atoms with Crippen molar-refractivity contribution in [2.24, 2.45) is 23.2 Å². The summed E-state index contributed by atoms with van der Waals surface area (Å²) in [4.78, 5) is 12.2. The van der Waals surface area contributed by atoms with Crippen molar-refractivity contribution < 1.29 is 14.6 Å². The molecule has 3 heteroatoms. The van der Waals surface area contributed by atoms with Crippen LogP contribution in [-0.4, -0.2) is 30.7 Å². The molecule has 1 fully saturated rings. The molecule has 0 aromatic heterocycles. The zero-order valence-electron chi connectivity index (χ0n) is 14.0. The second kappa shape index (κ2) is 5.42. The van der Waals surface area contributed by atoms with Gasteiger partial charge in [-0.15, -0.1) is 0 Å². The molecule has 1 unspecified atom stereocenters. The first-order valence-electron chi connectivity index (χ1n) is 8.88. The molecule has 0 heterocycles. The topological polar surface area (TPSA) is 46.5 Å². The van der Waals surface area contributed by atoms with E-state index < -0.39 is 0 Å². The molecule has 0 saturated heterocycles. The zero-order valence-corrected chi connectivity index (χ0v) is 14.0. The molecule has 0 aliphatic heterocycles. The number of aliphatic hydroxyl groups excluding tert-OH is 1. The average Bonchev–Trinajstić information content (AvgIpc) is 2.84. The Bertz CT molecular complexity index is 627. The maximum absolute atomic E-state index is 12.2. The van der Waals surface area contributed by atoms with Gasteiger partial charge in [0.1, 0.15) is 0 Å². The number of hydrogen-bond acceptors (Lipinski definition) is 3. The summed E-state index contributed by atoms with van der Waals surface area (Å²) in [6.45, 7) is 2.73. The summed E-state index contributed by atoms with van der Waals surface area (Å²) in [6, 6.07) is 0. The van der Waals surface area contributed by atoms with Crippen LogP contribution in [0.25, 0.3) is 0 Å². The van der Waals surface area contributed by atoms with Crippen molar-refractivity contribution in [3.05, 3.63) is 34.9 Å². The molecule has 4 aliphatic carbocycles. The molecule has 23 heavy (non-hydrogen) atoms. The van der Waals surface area contributed by atoms with Gasteiger partial charge < -0.3 is 9.84 Å². The second-order valence-electron chi connectivity index (χ2n) is 7.91. The quantitative estimate of drug-likeness (QED) is 0.851. The minimum Gasteiger partial charge on any atom is -0.392 e. The lowest BCUT2D eigenvalue weighted by Gasteiger charge is -2.45. The number of fused-ring (bicyclic) bond motifs is 4. The Morgan fingerprint density at radius 2 is 2.17 bits per heavy atom. The van der Waals surface area contributed by atoms with Gasteiger partial charge in [-0.25, -0.2) is 0 Å². The van der Waals surface area contributed by atoms with E-state index in [0.29, 0.717) is 18.4 Å². The summed E-state index contributed by atoms with van der Waals surface area (Å²) in [5, 5.41) is 10.4. The maximum Gasteiger partial charge on any atom is 0.161 e. The number of allylic oxidation sites excluding steroid dienone is 5. The molecule has 5 atom stereocenters. The Hall–Kier alpha value is -1.19. The van der Waals surface area contributed by atoms with Crippen molar-refractivity contribution in [3.8, 4) is 0 Å². The third-order valence-corrected chi connectivity index (χ3v) is 6.77. The van der Waals surface area contributed by atoms with Crippen LogP contribution < -0.4 is 0 Å². The fourth-order valence-electron chi connectivity index (χ4n) is 5.40. The summed E-state index contributed by atoms with van der Waals surface area (Å²) >= 11 is 0. The smallest absolute Gasteiger partial charge is 0.161 e. The number of ether oxygens (including phenoxy) is 1. The van der Waals surface area contributed by atoms with Crippen LogP contribution in [-0.2, 0) is 9.53 Å². The van der Waals surface area contributed by atoms with Crippen LogP contribution in [0, 0.1) is 23.2 Å². The first-order valence-corrected chi connectivity index (χ1v) is 8.88. The van der Waals surface area contributed by atoms with Crippen LogP contribution in [0.15, 0.2) is 34.9 Å². The van der Waals surface area contributed by atoms with Crippen molar-refractivity contribution in [2.75, 3.05) is 13.7 Å². The van der Waals surface area contributed by atoms with Crippen molar-refractivity contribution >= 4 is 5.78 Å². The number of rotatable bonds is 2. The molecule has 4 aliphatic rings. The number of ketones is 1. The number of carbonyl (C=O) groups is 1. The monoisotopic (exact) mass is 314 g/mol. The second-order valence-corrected chi connectivity index (χ2v) is 7.91. The van der Waals surface area contributed by atoms with Gasteiger partial charge in [0.2, 0.25) is 0 Å². The van der Waals surface area contributed by atoms with Gasteiger partial charge in [0.05, 0.1) is 12.7 Å².